The summed E-state index contributed by atoms with van der Waals surface area (Å²) in [5.74, 6) is 3.57. The molecule has 0 bridgehead atoms. The second-order valence-corrected chi connectivity index (χ2v) is 10.3. The Hall–Kier alpha value is -1.35. The van der Waals surface area contributed by atoms with Crippen molar-refractivity contribution in [3.05, 3.63) is 29.3 Å². The molecule has 160 valence electrons. The van der Waals surface area contributed by atoms with Crippen LogP contribution in [0.1, 0.15) is 81.8 Å². The number of Topliss-reactive ketones (excluding diaryl/α,β-unsaturated/α-hetero) is 1. The van der Waals surface area contributed by atoms with Crippen LogP contribution < -0.4 is 4.74 Å². The molecule has 2 fully saturated rings. The maximum absolute atomic E-state index is 12.5. The van der Waals surface area contributed by atoms with Crippen LogP contribution in [-0.2, 0) is 11.2 Å². The number of ketones is 1. The number of aryl methyl sites for hydroxylation is 1. The highest BCUT2D eigenvalue weighted by molar-refractivity contribution is 5.87. The smallest absolute Gasteiger partial charge is 0.139 e. The van der Waals surface area contributed by atoms with Gasteiger partial charge in [0, 0.05) is 11.8 Å². The Kier molecular flexibility index (Phi) is 6.34. The van der Waals surface area contributed by atoms with Gasteiger partial charge in [-0.3, -0.25) is 4.79 Å². The van der Waals surface area contributed by atoms with Gasteiger partial charge in [0.05, 0.1) is 6.61 Å². The molecule has 3 nitrogen and oxygen atoms in total. The van der Waals surface area contributed by atoms with E-state index in [4.69, 9.17) is 4.74 Å². The van der Waals surface area contributed by atoms with Crippen molar-refractivity contribution in [3.8, 4) is 5.75 Å². The Morgan fingerprint density at radius 3 is 2.72 bits per heavy atom. The van der Waals surface area contributed by atoms with Gasteiger partial charge in [0.1, 0.15) is 11.5 Å². The molecule has 3 aliphatic carbocycles. The summed E-state index contributed by atoms with van der Waals surface area (Å²) in [6.07, 6.45) is 11.6. The molecule has 4 atom stereocenters. The van der Waals surface area contributed by atoms with Gasteiger partial charge in [-0.25, -0.2) is 0 Å². The fourth-order valence-corrected chi connectivity index (χ4v) is 6.49. The normalized spacial score (nSPS) is 30.8. The molecule has 1 aromatic rings. The zero-order valence-electron chi connectivity index (χ0n) is 18.7. The minimum absolute atomic E-state index is 0.0196. The Balaban J connectivity index is 1.31. The van der Waals surface area contributed by atoms with Crippen molar-refractivity contribution in [3.63, 3.8) is 0 Å². The molecular formula is C26H39NO2. The second kappa shape index (κ2) is 8.79. The first kappa shape index (κ1) is 20.9. The van der Waals surface area contributed by atoms with Gasteiger partial charge < -0.3 is 9.64 Å². The van der Waals surface area contributed by atoms with Crippen LogP contribution in [0, 0.1) is 17.3 Å². The topological polar surface area (TPSA) is 29.5 Å². The van der Waals surface area contributed by atoms with Gasteiger partial charge in [-0.2, -0.15) is 0 Å². The largest absolute Gasteiger partial charge is 0.494 e. The molecule has 0 heterocycles. The van der Waals surface area contributed by atoms with E-state index in [-0.39, 0.29) is 5.41 Å². The standard InChI is InChI=1S/C26H39NO2/c1-26-15-14-22-21-11-9-20(29-17-7-5-4-6-16-27(2)3)18-19(21)8-10-23(22)24(26)12-13-25(26)28/h9,11,18,22-24H,4-8,10,12-17H2,1-3H3/t22-,23-,24+,26-/m0/s1. The number of rotatable bonds is 8. The van der Waals surface area contributed by atoms with Crippen molar-refractivity contribution in [2.45, 2.75) is 77.0 Å². The lowest BCUT2D eigenvalue weighted by Crippen LogP contribution is -2.42. The maximum atomic E-state index is 12.5. The van der Waals surface area contributed by atoms with Crippen LogP contribution in [0.5, 0.6) is 5.75 Å². The van der Waals surface area contributed by atoms with E-state index >= 15 is 0 Å². The lowest BCUT2D eigenvalue weighted by atomic mass is 9.55. The van der Waals surface area contributed by atoms with Crippen molar-refractivity contribution in [1.29, 1.82) is 0 Å². The van der Waals surface area contributed by atoms with Crippen LogP contribution in [-0.4, -0.2) is 37.9 Å². The number of carbonyl (C=O) groups is 1. The molecule has 3 aliphatic rings. The lowest BCUT2D eigenvalue weighted by Gasteiger charge is -2.48. The molecule has 4 rings (SSSR count). The number of benzene rings is 1. The highest BCUT2D eigenvalue weighted by Crippen LogP contribution is 2.59. The number of unbranched alkanes of at least 4 members (excludes halogenated alkanes) is 3. The van der Waals surface area contributed by atoms with Gasteiger partial charge in [0.15, 0.2) is 0 Å². The summed E-state index contributed by atoms with van der Waals surface area (Å²) in [6, 6.07) is 6.85. The fraction of sp³-hybridized carbons (Fsp3) is 0.731. The van der Waals surface area contributed by atoms with Crippen molar-refractivity contribution in [2.75, 3.05) is 27.2 Å². The number of nitrogens with zero attached hydrogens (tertiary/aromatic N) is 1. The van der Waals surface area contributed by atoms with Gasteiger partial charge in [0.25, 0.3) is 0 Å². The number of hydrogen-bond donors (Lipinski definition) is 0. The van der Waals surface area contributed by atoms with Crippen LogP contribution in [0.25, 0.3) is 0 Å². The molecule has 0 aliphatic heterocycles. The molecule has 1 aromatic carbocycles. The summed E-state index contributed by atoms with van der Waals surface area (Å²) in [7, 11) is 4.28. The molecule has 0 N–H and O–H groups in total. The first-order chi connectivity index (χ1) is 14.0. The summed E-state index contributed by atoms with van der Waals surface area (Å²) in [5, 5.41) is 0. The van der Waals surface area contributed by atoms with E-state index in [9.17, 15) is 4.79 Å². The Bertz CT molecular complexity index is 727. The highest BCUT2D eigenvalue weighted by atomic mass is 16.5. The Morgan fingerprint density at radius 2 is 1.90 bits per heavy atom. The van der Waals surface area contributed by atoms with Crippen LogP contribution >= 0.6 is 0 Å². The van der Waals surface area contributed by atoms with E-state index in [2.05, 4.69) is 44.1 Å². The van der Waals surface area contributed by atoms with Crippen molar-refractivity contribution in [1.82, 2.24) is 4.90 Å². The third kappa shape index (κ3) is 4.26. The van der Waals surface area contributed by atoms with Gasteiger partial charge >= 0.3 is 0 Å². The Morgan fingerprint density at radius 1 is 1.07 bits per heavy atom. The molecule has 2 saturated carbocycles. The summed E-state index contributed by atoms with van der Waals surface area (Å²) in [4.78, 5) is 14.7. The zero-order valence-corrected chi connectivity index (χ0v) is 18.7. The second-order valence-electron chi connectivity index (χ2n) is 10.3. The monoisotopic (exact) mass is 397 g/mol. The van der Waals surface area contributed by atoms with E-state index in [0.29, 0.717) is 23.5 Å². The molecule has 0 radical (unpaired) electrons. The minimum atomic E-state index is -0.0196. The number of fused-ring (bicyclic) bond motifs is 5. The van der Waals surface area contributed by atoms with Crippen LogP contribution in [0.3, 0.4) is 0 Å². The maximum Gasteiger partial charge on any atom is 0.139 e. The number of carbonyl (C=O) groups excluding carboxylic acids is 1. The first-order valence-corrected chi connectivity index (χ1v) is 11.9. The first-order valence-electron chi connectivity index (χ1n) is 11.9. The predicted molar refractivity (Wildman–Crippen MR) is 119 cm³/mol. The summed E-state index contributed by atoms with van der Waals surface area (Å²) >= 11 is 0. The van der Waals surface area contributed by atoms with Crippen molar-refractivity contribution < 1.29 is 9.53 Å². The highest BCUT2D eigenvalue weighted by Gasteiger charge is 2.54. The molecule has 0 amide bonds. The molecule has 0 aromatic heterocycles. The lowest BCUT2D eigenvalue weighted by molar-refractivity contribution is -0.129. The average Bonchev–Trinajstić information content (AvgIpc) is 3.01. The molecule has 3 heteroatoms. The van der Waals surface area contributed by atoms with Gasteiger partial charge in [0.2, 0.25) is 0 Å². The van der Waals surface area contributed by atoms with Crippen LogP contribution in [0.2, 0.25) is 0 Å². The van der Waals surface area contributed by atoms with E-state index in [1.807, 2.05) is 0 Å². The SMILES string of the molecule is CN(C)CCCCCCOc1ccc2c(c1)CC[C@@H]1[C@H]3CCC(=O)[C@@]3(C)CC[C@@H]21. The third-order valence-corrected chi connectivity index (χ3v) is 8.18. The molecule has 29 heavy (non-hydrogen) atoms. The third-order valence-electron chi connectivity index (χ3n) is 8.18. The quantitative estimate of drug-likeness (QED) is 0.534. The van der Waals surface area contributed by atoms with Crippen LogP contribution in [0.4, 0.5) is 0 Å². The van der Waals surface area contributed by atoms with Gasteiger partial charge in [-0.05, 0) is 107 Å². The predicted octanol–water partition coefficient (Wildman–Crippen LogP) is 5.61. The summed E-state index contributed by atoms with van der Waals surface area (Å²) in [5.41, 5.74) is 3.04. The van der Waals surface area contributed by atoms with Crippen molar-refractivity contribution >= 4 is 5.78 Å². The summed E-state index contributed by atoms with van der Waals surface area (Å²) in [6.45, 7) is 4.27. The van der Waals surface area contributed by atoms with E-state index < -0.39 is 0 Å². The minimum Gasteiger partial charge on any atom is -0.494 e. The molecular weight excluding hydrogens is 358 g/mol. The number of hydrogen-bond acceptors (Lipinski definition) is 3. The number of ether oxygens (including phenoxy) is 1. The zero-order chi connectivity index (χ0) is 20.4. The van der Waals surface area contributed by atoms with Gasteiger partial charge in [-0.15, -0.1) is 0 Å². The van der Waals surface area contributed by atoms with Gasteiger partial charge in [-0.1, -0.05) is 25.8 Å². The average molecular weight is 398 g/mol. The van der Waals surface area contributed by atoms with Crippen LogP contribution in [0.15, 0.2) is 18.2 Å². The molecule has 0 saturated heterocycles. The fourth-order valence-electron chi connectivity index (χ4n) is 6.49. The van der Waals surface area contributed by atoms with E-state index in [1.54, 1.807) is 5.56 Å². The van der Waals surface area contributed by atoms with E-state index in [1.165, 1.54) is 44.2 Å². The van der Waals surface area contributed by atoms with Crippen molar-refractivity contribution in [2.24, 2.45) is 17.3 Å². The molecule has 0 unspecified atom stereocenters. The molecule has 0 spiro atoms. The summed E-state index contributed by atoms with van der Waals surface area (Å²) < 4.78 is 6.08. The van der Waals surface area contributed by atoms with E-state index in [0.717, 1.165) is 44.5 Å². The Labute approximate surface area is 177 Å².